The Kier molecular flexibility index (Phi) is 5.57. The van der Waals surface area contributed by atoms with Crippen LogP contribution >= 0.6 is 11.6 Å². The fourth-order valence-corrected chi connectivity index (χ4v) is 2.50. The van der Waals surface area contributed by atoms with Gasteiger partial charge in [-0.15, -0.1) is 0 Å². The minimum atomic E-state index is 0.332. The summed E-state index contributed by atoms with van der Waals surface area (Å²) in [5, 5.41) is 4.38. The first-order valence-electron chi connectivity index (χ1n) is 7.09. The summed E-state index contributed by atoms with van der Waals surface area (Å²) in [5.74, 6) is 0. The van der Waals surface area contributed by atoms with Crippen molar-refractivity contribution in [2.45, 2.75) is 32.7 Å². The molecule has 3 heteroatoms. The van der Waals surface area contributed by atoms with Gasteiger partial charge in [-0.2, -0.15) is 0 Å². The third-order valence-electron chi connectivity index (χ3n) is 3.49. The average Bonchev–Trinajstić information content (AvgIpc) is 2.47. The van der Waals surface area contributed by atoms with Crippen LogP contribution in [0.2, 0.25) is 5.02 Å². The topological polar surface area (TPSA) is 24.9 Å². The van der Waals surface area contributed by atoms with Gasteiger partial charge in [-0.1, -0.05) is 36.7 Å². The zero-order valence-corrected chi connectivity index (χ0v) is 12.8. The fraction of sp³-hybridized carbons (Fsp3) is 0.353. The lowest BCUT2D eigenvalue weighted by Crippen LogP contribution is -2.21. The SMILES string of the molecule is CCNC(CCc1cccnc1)c1ccc(C)c(Cl)c1. The molecule has 0 spiro atoms. The third kappa shape index (κ3) is 4.06. The van der Waals surface area contributed by atoms with Crippen molar-refractivity contribution in [3.8, 4) is 0 Å². The lowest BCUT2D eigenvalue weighted by Gasteiger charge is -2.19. The maximum absolute atomic E-state index is 6.24. The molecule has 0 amide bonds. The molecule has 2 aromatic rings. The molecule has 1 aromatic heterocycles. The molecule has 0 bridgehead atoms. The Morgan fingerprint density at radius 3 is 2.80 bits per heavy atom. The van der Waals surface area contributed by atoms with Gasteiger partial charge in [-0.25, -0.2) is 0 Å². The lowest BCUT2D eigenvalue weighted by atomic mass is 9.98. The summed E-state index contributed by atoms with van der Waals surface area (Å²) in [4.78, 5) is 4.17. The first-order chi connectivity index (χ1) is 9.70. The van der Waals surface area contributed by atoms with E-state index in [1.807, 2.05) is 25.4 Å². The minimum absolute atomic E-state index is 0.332. The van der Waals surface area contributed by atoms with Gasteiger partial charge >= 0.3 is 0 Å². The molecule has 106 valence electrons. The summed E-state index contributed by atoms with van der Waals surface area (Å²) in [6.45, 7) is 5.11. The van der Waals surface area contributed by atoms with Crippen LogP contribution in [0.25, 0.3) is 0 Å². The van der Waals surface area contributed by atoms with E-state index >= 15 is 0 Å². The van der Waals surface area contributed by atoms with Crippen molar-refractivity contribution in [2.75, 3.05) is 6.54 Å². The Labute approximate surface area is 126 Å². The Morgan fingerprint density at radius 1 is 1.30 bits per heavy atom. The number of aryl methyl sites for hydroxylation is 2. The van der Waals surface area contributed by atoms with Crippen molar-refractivity contribution in [2.24, 2.45) is 0 Å². The van der Waals surface area contributed by atoms with Crippen molar-refractivity contribution in [3.63, 3.8) is 0 Å². The smallest absolute Gasteiger partial charge is 0.0438 e. The number of hydrogen-bond acceptors (Lipinski definition) is 2. The predicted octanol–water partition coefficient (Wildman–Crippen LogP) is 4.33. The van der Waals surface area contributed by atoms with Gasteiger partial charge in [-0.05, 0) is 55.1 Å². The number of benzene rings is 1. The highest BCUT2D eigenvalue weighted by Crippen LogP contribution is 2.24. The average molecular weight is 289 g/mol. The van der Waals surface area contributed by atoms with Crippen LogP contribution in [0, 0.1) is 6.92 Å². The predicted molar refractivity (Wildman–Crippen MR) is 85.2 cm³/mol. The Bertz CT molecular complexity index is 540. The van der Waals surface area contributed by atoms with Crippen molar-refractivity contribution < 1.29 is 0 Å². The molecule has 1 atom stereocenters. The second kappa shape index (κ2) is 7.41. The highest BCUT2D eigenvalue weighted by molar-refractivity contribution is 6.31. The Balaban J connectivity index is 2.08. The number of pyridine rings is 1. The summed E-state index contributed by atoms with van der Waals surface area (Å²) < 4.78 is 0. The molecule has 1 aromatic carbocycles. The molecule has 0 saturated carbocycles. The summed E-state index contributed by atoms with van der Waals surface area (Å²) in [7, 11) is 0. The molecular formula is C17H21ClN2. The van der Waals surface area contributed by atoms with E-state index in [9.17, 15) is 0 Å². The van der Waals surface area contributed by atoms with Crippen LogP contribution < -0.4 is 5.32 Å². The van der Waals surface area contributed by atoms with Crippen LogP contribution in [0.4, 0.5) is 0 Å². The molecule has 20 heavy (non-hydrogen) atoms. The van der Waals surface area contributed by atoms with E-state index in [1.54, 1.807) is 0 Å². The standard InChI is InChI=1S/C17H21ClN2/c1-3-20-17(9-7-14-5-4-10-19-12-14)15-8-6-13(2)16(18)11-15/h4-6,8,10-12,17,20H,3,7,9H2,1-2H3. The summed E-state index contributed by atoms with van der Waals surface area (Å²) in [6, 6.07) is 10.8. The van der Waals surface area contributed by atoms with E-state index in [2.05, 4.69) is 41.5 Å². The van der Waals surface area contributed by atoms with Gasteiger partial charge < -0.3 is 5.32 Å². The normalized spacial score (nSPS) is 12.3. The largest absolute Gasteiger partial charge is 0.310 e. The molecule has 0 aliphatic heterocycles. The zero-order chi connectivity index (χ0) is 14.4. The molecule has 1 N–H and O–H groups in total. The Morgan fingerprint density at radius 2 is 2.15 bits per heavy atom. The molecule has 1 heterocycles. The maximum atomic E-state index is 6.24. The first-order valence-corrected chi connectivity index (χ1v) is 7.47. The number of hydrogen-bond donors (Lipinski definition) is 1. The fourth-order valence-electron chi connectivity index (χ4n) is 2.32. The van der Waals surface area contributed by atoms with Crippen LogP contribution in [0.1, 0.15) is 36.1 Å². The zero-order valence-electron chi connectivity index (χ0n) is 12.1. The molecule has 1 unspecified atom stereocenters. The van der Waals surface area contributed by atoms with Crippen LogP contribution in [-0.4, -0.2) is 11.5 Å². The first kappa shape index (κ1) is 15.0. The monoisotopic (exact) mass is 288 g/mol. The van der Waals surface area contributed by atoms with Gasteiger partial charge in [0.25, 0.3) is 0 Å². The van der Waals surface area contributed by atoms with E-state index in [0.29, 0.717) is 6.04 Å². The Hall–Kier alpha value is -1.38. The van der Waals surface area contributed by atoms with Gasteiger partial charge in [0.2, 0.25) is 0 Å². The number of rotatable bonds is 6. The molecule has 2 rings (SSSR count). The number of nitrogens with one attached hydrogen (secondary N) is 1. The van der Waals surface area contributed by atoms with E-state index < -0.39 is 0 Å². The summed E-state index contributed by atoms with van der Waals surface area (Å²) >= 11 is 6.24. The number of nitrogens with zero attached hydrogens (tertiary/aromatic N) is 1. The third-order valence-corrected chi connectivity index (χ3v) is 3.90. The quantitative estimate of drug-likeness (QED) is 0.856. The van der Waals surface area contributed by atoms with Gasteiger partial charge in [-0.3, -0.25) is 4.98 Å². The van der Waals surface area contributed by atoms with Crippen molar-refractivity contribution in [1.29, 1.82) is 0 Å². The van der Waals surface area contributed by atoms with Crippen LogP contribution in [-0.2, 0) is 6.42 Å². The highest BCUT2D eigenvalue weighted by atomic mass is 35.5. The van der Waals surface area contributed by atoms with Gasteiger partial charge in [0.1, 0.15) is 0 Å². The molecule has 0 radical (unpaired) electrons. The summed E-state index contributed by atoms with van der Waals surface area (Å²) in [6.07, 6.45) is 5.80. The van der Waals surface area contributed by atoms with E-state index in [4.69, 9.17) is 11.6 Å². The van der Waals surface area contributed by atoms with Crippen molar-refractivity contribution in [1.82, 2.24) is 10.3 Å². The van der Waals surface area contributed by atoms with Gasteiger partial charge in [0.05, 0.1) is 0 Å². The number of halogens is 1. The van der Waals surface area contributed by atoms with Crippen LogP contribution in [0.3, 0.4) is 0 Å². The highest BCUT2D eigenvalue weighted by Gasteiger charge is 2.11. The van der Waals surface area contributed by atoms with Crippen LogP contribution in [0.5, 0.6) is 0 Å². The van der Waals surface area contributed by atoms with Crippen LogP contribution in [0.15, 0.2) is 42.7 Å². The van der Waals surface area contributed by atoms with E-state index in [0.717, 1.165) is 30.0 Å². The molecule has 0 saturated heterocycles. The minimum Gasteiger partial charge on any atom is -0.310 e. The van der Waals surface area contributed by atoms with Gasteiger partial charge in [0.15, 0.2) is 0 Å². The molecular weight excluding hydrogens is 268 g/mol. The summed E-state index contributed by atoms with van der Waals surface area (Å²) in [5.41, 5.74) is 3.65. The van der Waals surface area contributed by atoms with Crippen molar-refractivity contribution in [3.05, 3.63) is 64.4 Å². The molecule has 0 aliphatic carbocycles. The van der Waals surface area contributed by atoms with E-state index in [1.165, 1.54) is 11.1 Å². The molecule has 0 fully saturated rings. The second-order valence-corrected chi connectivity index (χ2v) is 5.43. The van der Waals surface area contributed by atoms with E-state index in [-0.39, 0.29) is 0 Å². The lowest BCUT2D eigenvalue weighted by molar-refractivity contribution is 0.515. The number of aromatic nitrogens is 1. The molecule has 0 aliphatic rings. The van der Waals surface area contributed by atoms with Gasteiger partial charge in [0, 0.05) is 23.5 Å². The van der Waals surface area contributed by atoms with Crippen molar-refractivity contribution >= 4 is 11.6 Å². The molecule has 2 nitrogen and oxygen atoms in total. The second-order valence-electron chi connectivity index (χ2n) is 5.02. The maximum Gasteiger partial charge on any atom is 0.0438 e.